The van der Waals surface area contributed by atoms with Gasteiger partial charge < -0.3 is 5.11 Å². The lowest BCUT2D eigenvalue weighted by atomic mass is 9.72. The lowest BCUT2D eigenvalue weighted by Crippen LogP contribution is -2.36. The maximum atomic E-state index is 13.2. The first kappa shape index (κ1) is 11.6. The van der Waals surface area contributed by atoms with Gasteiger partial charge in [0.15, 0.2) is 0 Å². The van der Waals surface area contributed by atoms with E-state index in [1.165, 1.54) is 12.5 Å². The van der Waals surface area contributed by atoms with Crippen molar-refractivity contribution >= 4 is 0 Å². The number of hydrogen-bond donors (Lipinski definition) is 1. The lowest BCUT2D eigenvalue weighted by molar-refractivity contribution is -0.0470. The maximum absolute atomic E-state index is 13.2. The minimum absolute atomic E-state index is 0.198. The van der Waals surface area contributed by atoms with Crippen molar-refractivity contribution in [1.82, 2.24) is 0 Å². The average Bonchev–Trinajstić information content (AvgIpc) is 2.26. The standard InChI is InChI=1S/C14H19FO/c1-10-9-12(6-7-13(10)15)14(16)8-4-3-5-11(14)2/h6-7,9,11,16H,3-5,8H2,1-2H3. The van der Waals surface area contributed by atoms with Gasteiger partial charge in [-0.15, -0.1) is 0 Å². The lowest BCUT2D eigenvalue weighted by Gasteiger charge is -2.38. The molecule has 0 radical (unpaired) electrons. The van der Waals surface area contributed by atoms with E-state index in [1.54, 1.807) is 19.1 Å². The molecule has 16 heavy (non-hydrogen) atoms. The Morgan fingerprint density at radius 1 is 1.38 bits per heavy atom. The number of rotatable bonds is 1. The zero-order valence-corrected chi connectivity index (χ0v) is 9.96. The van der Waals surface area contributed by atoms with Crippen LogP contribution in [0.25, 0.3) is 0 Å². The van der Waals surface area contributed by atoms with Gasteiger partial charge in [-0.25, -0.2) is 4.39 Å². The Kier molecular flexibility index (Phi) is 3.02. The van der Waals surface area contributed by atoms with Crippen LogP contribution in [0.4, 0.5) is 4.39 Å². The SMILES string of the molecule is Cc1cc(C2(O)CCCCC2C)ccc1F. The van der Waals surface area contributed by atoms with Crippen molar-refractivity contribution in [2.75, 3.05) is 0 Å². The van der Waals surface area contributed by atoms with E-state index in [0.717, 1.165) is 24.8 Å². The molecule has 2 atom stereocenters. The fourth-order valence-corrected chi connectivity index (χ4v) is 2.67. The summed E-state index contributed by atoms with van der Waals surface area (Å²) in [5.74, 6) is 0.0573. The molecular formula is C14H19FO. The van der Waals surface area contributed by atoms with Crippen LogP contribution in [-0.4, -0.2) is 5.11 Å². The summed E-state index contributed by atoms with van der Waals surface area (Å²) in [6, 6.07) is 4.98. The summed E-state index contributed by atoms with van der Waals surface area (Å²) in [5, 5.41) is 10.7. The fourth-order valence-electron chi connectivity index (χ4n) is 2.67. The number of hydrogen-bond acceptors (Lipinski definition) is 1. The van der Waals surface area contributed by atoms with Gasteiger partial charge in [0.25, 0.3) is 0 Å². The molecule has 0 spiro atoms. The second-order valence-electron chi connectivity index (χ2n) is 5.04. The van der Waals surface area contributed by atoms with Gasteiger partial charge in [0, 0.05) is 0 Å². The minimum atomic E-state index is -0.753. The minimum Gasteiger partial charge on any atom is -0.385 e. The van der Waals surface area contributed by atoms with Crippen LogP contribution in [0, 0.1) is 18.7 Å². The molecule has 1 nitrogen and oxygen atoms in total. The topological polar surface area (TPSA) is 20.2 Å². The zero-order valence-electron chi connectivity index (χ0n) is 9.96. The molecule has 0 aromatic heterocycles. The summed E-state index contributed by atoms with van der Waals surface area (Å²) in [5.41, 5.74) is 0.735. The predicted octanol–water partition coefficient (Wildman–Crippen LogP) is 3.53. The van der Waals surface area contributed by atoms with Crippen LogP contribution in [0.5, 0.6) is 0 Å². The van der Waals surface area contributed by atoms with E-state index in [1.807, 2.05) is 0 Å². The van der Waals surface area contributed by atoms with Crippen molar-refractivity contribution in [2.24, 2.45) is 5.92 Å². The van der Waals surface area contributed by atoms with Crippen molar-refractivity contribution in [3.05, 3.63) is 35.1 Å². The number of aryl methyl sites for hydroxylation is 1. The summed E-state index contributed by atoms with van der Waals surface area (Å²) in [6.45, 7) is 3.83. The molecule has 1 aliphatic rings. The molecule has 2 rings (SSSR count). The van der Waals surface area contributed by atoms with Gasteiger partial charge in [-0.2, -0.15) is 0 Å². The molecule has 1 aromatic carbocycles. The number of aliphatic hydroxyl groups is 1. The molecule has 0 aliphatic heterocycles. The van der Waals surface area contributed by atoms with E-state index >= 15 is 0 Å². The molecule has 0 bridgehead atoms. The Labute approximate surface area is 96.3 Å². The van der Waals surface area contributed by atoms with Gasteiger partial charge in [0.1, 0.15) is 5.82 Å². The van der Waals surface area contributed by atoms with Gasteiger partial charge in [-0.05, 0) is 42.9 Å². The fraction of sp³-hybridized carbons (Fsp3) is 0.571. The summed E-state index contributed by atoms with van der Waals surface area (Å²) in [6.07, 6.45) is 4.08. The molecule has 1 saturated carbocycles. The average molecular weight is 222 g/mol. The van der Waals surface area contributed by atoms with Gasteiger partial charge in [-0.3, -0.25) is 0 Å². The molecule has 0 heterocycles. The quantitative estimate of drug-likeness (QED) is 0.770. The molecule has 88 valence electrons. The van der Waals surface area contributed by atoms with E-state index in [2.05, 4.69) is 6.92 Å². The monoisotopic (exact) mass is 222 g/mol. The highest BCUT2D eigenvalue weighted by molar-refractivity contribution is 5.29. The highest BCUT2D eigenvalue weighted by Crippen LogP contribution is 2.41. The largest absolute Gasteiger partial charge is 0.385 e. The van der Waals surface area contributed by atoms with Gasteiger partial charge in [0.2, 0.25) is 0 Å². The van der Waals surface area contributed by atoms with Gasteiger partial charge in [-0.1, -0.05) is 31.9 Å². The Balaban J connectivity index is 2.37. The molecule has 1 aliphatic carbocycles. The Morgan fingerprint density at radius 3 is 2.75 bits per heavy atom. The first-order valence-corrected chi connectivity index (χ1v) is 6.03. The van der Waals surface area contributed by atoms with Crippen LogP contribution in [0.3, 0.4) is 0 Å². The maximum Gasteiger partial charge on any atom is 0.126 e. The summed E-state index contributed by atoms with van der Waals surface area (Å²) >= 11 is 0. The van der Waals surface area contributed by atoms with Crippen molar-refractivity contribution in [2.45, 2.75) is 45.1 Å². The summed E-state index contributed by atoms with van der Waals surface area (Å²) < 4.78 is 13.2. The smallest absolute Gasteiger partial charge is 0.126 e. The molecule has 1 N–H and O–H groups in total. The first-order valence-electron chi connectivity index (χ1n) is 6.03. The van der Waals surface area contributed by atoms with E-state index in [4.69, 9.17) is 0 Å². The van der Waals surface area contributed by atoms with E-state index in [9.17, 15) is 9.50 Å². The van der Waals surface area contributed by atoms with Crippen LogP contribution in [-0.2, 0) is 5.60 Å². The number of halogens is 1. The second-order valence-corrected chi connectivity index (χ2v) is 5.04. The van der Waals surface area contributed by atoms with Crippen LogP contribution < -0.4 is 0 Å². The zero-order chi connectivity index (χ0) is 11.8. The molecule has 0 amide bonds. The second kappa shape index (κ2) is 4.17. The highest BCUT2D eigenvalue weighted by Gasteiger charge is 2.37. The molecule has 2 heteroatoms. The summed E-state index contributed by atoms with van der Waals surface area (Å²) in [7, 11) is 0. The van der Waals surface area contributed by atoms with Crippen LogP contribution in [0.2, 0.25) is 0 Å². The van der Waals surface area contributed by atoms with Crippen molar-refractivity contribution in [1.29, 1.82) is 0 Å². The molecule has 1 aromatic rings. The Bertz CT molecular complexity index is 388. The molecule has 0 saturated heterocycles. The summed E-state index contributed by atoms with van der Waals surface area (Å²) in [4.78, 5) is 0. The molecule has 2 unspecified atom stereocenters. The van der Waals surface area contributed by atoms with Gasteiger partial charge in [0.05, 0.1) is 5.60 Å². The van der Waals surface area contributed by atoms with Gasteiger partial charge >= 0.3 is 0 Å². The molecule has 1 fully saturated rings. The van der Waals surface area contributed by atoms with Crippen LogP contribution >= 0.6 is 0 Å². The first-order chi connectivity index (χ1) is 7.54. The predicted molar refractivity (Wildman–Crippen MR) is 62.7 cm³/mol. The third kappa shape index (κ3) is 1.86. The number of benzene rings is 1. The Hall–Kier alpha value is -0.890. The highest BCUT2D eigenvalue weighted by atomic mass is 19.1. The van der Waals surface area contributed by atoms with Crippen LogP contribution in [0.1, 0.15) is 43.7 Å². The van der Waals surface area contributed by atoms with E-state index in [-0.39, 0.29) is 11.7 Å². The Morgan fingerprint density at radius 2 is 2.12 bits per heavy atom. The van der Waals surface area contributed by atoms with Crippen molar-refractivity contribution < 1.29 is 9.50 Å². The normalized spacial score (nSPS) is 30.4. The third-order valence-electron chi connectivity index (χ3n) is 3.92. The van der Waals surface area contributed by atoms with Crippen molar-refractivity contribution in [3.8, 4) is 0 Å². The van der Waals surface area contributed by atoms with Crippen LogP contribution in [0.15, 0.2) is 18.2 Å². The van der Waals surface area contributed by atoms with E-state index < -0.39 is 5.60 Å². The third-order valence-corrected chi connectivity index (χ3v) is 3.92. The van der Waals surface area contributed by atoms with E-state index in [0.29, 0.717) is 5.56 Å². The molecular weight excluding hydrogens is 203 g/mol. The van der Waals surface area contributed by atoms with Crippen molar-refractivity contribution in [3.63, 3.8) is 0 Å².